The lowest BCUT2D eigenvalue weighted by Gasteiger charge is -2.31. The highest BCUT2D eigenvalue weighted by atomic mass is 79.9. The molecule has 0 radical (unpaired) electrons. The Bertz CT molecular complexity index is 308. The van der Waals surface area contributed by atoms with E-state index in [2.05, 4.69) is 15.9 Å². The number of hydrogen-bond donors (Lipinski definition) is 1. The van der Waals surface area contributed by atoms with Gasteiger partial charge in [-0.3, -0.25) is 0 Å². The van der Waals surface area contributed by atoms with Crippen molar-refractivity contribution in [3.63, 3.8) is 0 Å². The molecule has 2 nitrogen and oxygen atoms in total. The van der Waals surface area contributed by atoms with Crippen LogP contribution < -0.4 is 0 Å². The predicted molar refractivity (Wildman–Crippen MR) is 58.0 cm³/mol. The molecule has 0 atom stereocenters. The van der Waals surface area contributed by atoms with Crippen LogP contribution in [0, 0.1) is 0 Å². The quantitative estimate of drug-likeness (QED) is 0.901. The first-order chi connectivity index (χ1) is 6.75. The summed E-state index contributed by atoms with van der Waals surface area (Å²) in [6.45, 7) is 0.624. The van der Waals surface area contributed by atoms with Crippen molar-refractivity contribution in [1.82, 2.24) is 0 Å². The summed E-state index contributed by atoms with van der Waals surface area (Å²) >= 11 is 3.47. The van der Waals surface area contributed by atoms with E-state index in [1.807, 2.05) is 24.3 Å². The molecule has 0 heterocycles. The maximum absolute atomic E-state index is 9.08. The molecule has 0 unspecified atom stereocenters. The van der Waals surface area contributed by atoms with Crippen molar-refractivity contribution in [3.05, 3.63) is 34.3 Å². The molecule has 76 valence electrons. The Balaban J connectivity index is 1.83. The average molecular weight is 257 g/mol. The predicted octanol–water partition coefficient (Wildman–Crippen LogP) is 2.49. The van der Waals surface area contributed by atoms with E-state index in [9.17, 15) is 0 Å². The second-order valence-electron chi connectivity index (χ2n) is 3.65. The molecule has 1 saturated carbocycles. The van der Waals surface area contributed by atoms with E-state index in [0.717, 1.165) is 22.9 Å². The summed E-state index contributed by atoms with van der Waals surface area (Å²) < 4.78 is 6.71. The number of rotatable bonds is 3. The van der Waals surface area contributed by atoms with Gasteiger partial charge in [0.2, 0.25) is 0 Å². The molecular formula is C11H13BrO2. The topological polar surface area (TPSA) is 29.5 Å². The molecule has 2 rings (SSSR count). The first kappa shape index (κ1) is 10.1. The number of benzene rings is 1. The maximum atomic E-state index is 9.08. The third-order valence-corrected chi connectivity index (χ3v) is 3.28. The molecule has 1 aromatic carbocycles. The number of hydrogen-bond acceptors (Lipinski definition) is 2. The summed E-state index contributed by atoms with van der Waals surface area (Å²) in [6, 6.07) is 8.03. The summed E-state index contributed by atoms with van der Waals surface area (Å²) in [7, 11) is 0. The summed E-state index contributed by atoms with van der Waals surface area (Å²) in [5.74, 6) is 0. The SMILES string of the molecule is OC1CC(OCc2ccccc2Br)C1. The number of aliphatic hydroxyl groups excluding tert-OH is 1. The summed E-state index contributed by atoms with van der Waals surface area (Å²) in [5, 5.41) is 9.08. The fraction of sp³-hybridized carbons (Fsp3) is 0.455. The van der Waals surface area contributed by atoms with Crippen molar-refractivity contribution in [3.8, 4) is 0 Å². The third-order valence-electron chi connectivity index (χ3n) is 2.50. The number of halogens is 1. The highest BCUT2D eigenvalue weighted by Crippen LogP contribution is 2.25. The van der Waals surface area contributed by atoms with Gasteiger partial charge < -0.3 is 9.84 Å². The number of aliphatic hydroxyl groups is 1. The van der Waals surface area contributed by atoms with Crippen LogP contribution in [-0.2, 0) is 11.3 Å². The normalized spacial score (nSPS) is 25.9. The van der Waals surface area contributed by atoms with Gasteiger partial charge in [0.05, 0.1) is 18.8 Å². The molecule has 1 N–H and O–H groups in total. The number of ether oxygens (including phenoxy) is 1. The van der Waals surface area contributed by atoms with E-state index >= 15 is 0 Å². The van der Waals surface area contributed by atoms with Crippen LogP contribution in [0.5, 0.6) is 0 Å². The first-order valence-corrected chi connectivity index (χ1v) is 5.58. The van der Waals surface area contributed by atoms with Crippen LogP contribution in [0.25, 0.3) is 0 Å². The Labute approximate surface area is 92.0 Å². The van der Waals surface area contributed by atoms with Gasteiger partial charge in [-0.25, -0.2) is 0 Å². The maximum Gasteiger partial charge on any atom is 0.0731 e. The minimum absolute atomic E-state index is 0.140. The van der Waals surface area contributed by atoms with Crippen molar-refractivity contribution in [2.24, 2.45) is 0 Å². The van der Waals surface area contributed by atoms with Gasteiger partial charge in [0.15, 0.2) is 0 Å². The Kier molecular flexibility index (Phi) is 3.21. The summed E-state index contributed by atoms with van der Waals surface area (Å²) in [6.07, 6.45) is 1.67. The van der Waals surface area contributed by atoms with Gasteiger partial charge in [0.25, 0.3) is 0 Å². The Morgan fingerprint density at radius 3 is 2.71 bits per heavy atom. The van der Waals surface area contributed by atoms with E-state index in [1.54, 1.807) is 0 Å². The van der Waals surface area contributed by atoms with Gasteiger partial charge in [-0.1, -0.05) is 34.1 Å². The van der Waals surface area contributed by atoms with Gasteiger partial charge >= 0.3 is 0 Å². The zero-order chi connectivity index (χ0) is 9.97. The van der Waals surface area contributed by atoms with Gasteiger partial charge in [-0.2, -0.15) is 0 Å². The second-order valence-corrected chi connectivity index (χ2v) is 4.50. The molecular weight excluding hydrogens is 244 g/mol. The minimum Gasteiger partial charge on any atom is -0.393 e. The summed E-state index contributed by atoms with van der Waals surface area (Å²) in [4.78, 5) is 0. The Morgan fingerprint density at radius 2 is 2.07 bits per heavy atom. The molecule has 14 heavy (non-hydrogen) atoms. The van der Waals surface area contributed by atoms with E-state index in [4.69, 9.17) is 9.84 Å². The third kappa shape index (κ3) is 2.35. The molecule has 3 heteroatoms. The van der Waals surface area contributed by atoms with Crippen molar-refractivity contribution in [2.45, 2.75) is 31.7 Å². The monoisotopic (exact) mass is 256 g/mol. The Morgan fingerprint density at radius 1 is 1.36 bits per heavy atom. The molecule has 0 saturated heterocycles. The Hall–Kier alpha value is -0.380. The van der Waals surface area contributed by atoms with E-state index in [0.29, 0.717) is 6.61 Å². The highest BCUT2D eigenvalue weighted by Gasteiger charge is 2.27. The van der Waals surface area contributed by atoms with Crippen LogP contribution in [0.4, 0.5) is 0 Å². The van der Waals surface area contributed by atoms with Crippen LogP contribution in [0.1, 0.15) is 18.4 Å². The van der Waals surface area contributed by atoms with Crippen LogP contribution >= 0.6 is 15.9 Å². The fourth-order valence-electron chi connectivity index (χ4n) is 1.50. The highest BCUT2D eigenvalue weighted by molar-refractivity contribution is 9.10. The lowest BCUT2D eigenvalue weighted by Crippen LogP contribution is -2.35. The standard InChI is InChI=1S/C11H13BrO2/c12-11-4-2-1-3-8(11)7-14-10-5-9(13)6-10/h1-4,9-10,13H,5-7H2. The van der Waals surface area contributed by atoms with E-state index < -0.39 is 0 Å². The first-order valence-electron chi connectivity index (χ1n) is 4.79. The molecule has 0 amide bonds. The van der Waals surface area contributed by atoms with Crippen molar-refractivity contribution >= 4 is 15.9 Å². The van der Waals surface area contributed by atoms with Gasteiger partial charge in [0.1, 0.15) is 0 Å². The smallest absolute Gasteiger partial charge is 0.0731 e. The van der Waals surface area contributed by atoms with Crippen LogP contribution in [0.15, 0.2) is 28.7 Å². The molecule has 1 aliphatic carbocycles. The summed E-state index contributed by atoms with van der Waals surface area (Å²) in [5.41, 5.74) is 1.16. The lowest BCUT2D eigenvalue weighted by molar-refractivity contribution is -0.0779. The molecule has 0 bridgehead atoms. The van der Waals surface area contributed by atoms with E-state index in [1.165, 1.54) is 0 Å². The zero-order valence-corrected chi connectivity index (χ0v) is 9.40. The van der Waals surface area contributed by atoms with Crippen LogP contribution in [0.2, 0.25) is 0 Å². The molecule has 1 fully saturated rings. The molecule has 0 aromatic heterocycles. The lowest BCUT2D eigenvalue weighted by atomic mass is 9.92. The van der Waals surface area contributed by atoms with E-state index in [-0.39, 0.29) is 12.2 Å². The van der Waals surface area contributed by atoms with Crippen LogP contribution in [0.3, 0.4) is 0 Å². The largest absolute Gasteiger partial charge is 0.393 e. The average Bonchev–Trinajstić information content (AvgIpc) is 2.13. The second kappa shape index (κ2) is 4.43. The molecule has 0 aliphatic heterocycles. The fourth-order valence-corrected chi connectivity index (χ4v) is 1.90. The van der Waals surface area contributed by atoms with Gasteiger partial charge in [0, 0.05) is 4.47 Å². The van der Waals surface area contributed by atoms with Gasteiger partial charge in [-0.15, -0.1) is 0 Å². The van der Waals surface area contributed by atoms with Crippen molar-refractivity contribution in [2.75, 3.05) is 0 Å². The molecule has 1 aromatic rings. The van der Waals surface area contributed by atoms with Crippen molar-refractivity contribution in [1.29, 1.82) is 0 Å². The van der Waals surface area contributed by atoms with Crippen molar-refractivity contribution < 1.29 is 9.84 Å². The molecule has 1 aliphatic rings. The zero-order valence-electron chi connectivity index (χ0n) is 7.82. The minimum atomic E-state index is -0.140. The van der Waals surface area contributed by atoms with Crippen LogP contribution in [-0.4, -0.2) is 17.3 Å². The van der Waals surface area contributed by atoms with Gasteiger partial charge in [-0.05, 0) is 24.5 Å². The molecule has 0 spiro atoms.